The van der Waals surface area contributed by atoms with Crippen LogP contribution in [0.2, 0.25) is 0 Å². The Hall–Kier alpha value is -3.45. The average molecular weight is 647 g/mol. The van der Waals surface area contributed by atoms with Crippen LogP contribution in [0.3, 0.4) is 0 Å². The Morgan fingerprint density at radius 2 is 1.59 bits per heavy atom. The number of furan rings is 1. The van der Waals surface area contributed by atoms with Gasteiger partial charge in [-0.3, -0.25) is 24.0 Å². The van der Waals surface area contributed by atoms with E-state index in [1.807, 2.05) is 6.92 Å². The van der Waals surface area contributed by atoms with Gasteiger partial charge in [-0.2, -0.15) is 0 Å². The summed E-state index contributed by atoms with van der Waals surface area (Å²) in [6, 6.07) is 1.62. The second-order valence-electron chi connectivity index (χ2n) is 14.6. The fourth-order valence-electron chi connectivity index (χ4n) is 11.2. The van der Waals surface area contributed by atoms with Gasteiger partial charge in [0.25, 0.3) is 0 Å². The molecule has 13 atom stereocenters. The number of rotatable bonds is 6. The molecule has 1 saturated heterocycles. The van der Waals surface area contributed by atoms with Gasteiger partial charge in [-0.1, -0.05) is 20.8 Å². The summed E-state index contributed by atoms with van der Waals surface area (Å²) >= 11 is 0. The van der Waals surface area contributed by atoms with Crippen molar-refractivity contribution < 1.29 is 62.3 Å². The minimum absolute atomic E-state index is 0.0374. The van der Waals surface area contributed by atoms with Gasteiger partial charge in [-0.05, 0) is 24.8 Å². The number of carbonyl (C=O) groups is 5. The van der Waals surface area contributed by atoms with E-state index in [2.05, 4.69) is 0 Å². The molecule has 46 heavy (non-hydrogen) atoms. The van der Waals surface area contributed by atoms with Gasteiger partial charge in [0.2, 0.25) is 0 Å². The zero-order chi connectivity index (χ0) is 33.8. The van der Waals surface area contributed by atoms with Crippen molar-refractivity contribution in [1.82, 2.24) is 0 Å². The summed E-state index contributed by atoms with van der Waals surface area (Å²) < 4.78 is 34.3. The first-order valence-electron chi connectivity index (χ1n) is 15.6. The highest BCUT2D eigenvalue weighted by Crippen LogP contribution is 2.81. The molecule has 1 unspecified atom stereocenters. The van der Waals surface area contributed by atoms with Crippen LogP contribution >= 0.6 is 0 Å². The Morgan fingerprint density at radius 3 is 2.15 bits per heavy atom. The molecule has 1 aromatic heterocycles. The van der Waals surface area contributed by atoms with Crippen LogP contribution in [0, 0.1) is 39.9 Å². The quantitative estimate of drug-likeness (QED) is 0.339. The number of methoxy groups -OCH3 is 1. The first-order chi connectivity index (χ1) is 21.4. The number of fused-ring (bicyclic) bond motifs is 5. The van der Waals surface area contributed by atoms with E-state index in [1.165, 1.54) is 40.4 Å². The molecule has 5 fully saturated rings. The molecule has 1 aliphatic heterocycles. The van der Waals surface area contributed by atoms with Crippen molar-refractivity contribution in [1.29, 1.82) is 0 Å². The van der Waals surface area contributed by atoms with E-state index in [4.69, 9.17) is 28.1 Å². The molecule has 2 heterocycles. The minimum Gasteiger partial charge on any atom is -0.472 e. The first kappa shape index (κ1) is 32.5. The smallest absolute Gasteiger partial charge is 0.306 e. The van der Waals surface area contributed by atoms with E-state index in [0.717, 1.165) is 0 Å². The Balaban J connectivity index is 1.64. The predicted octanol–water partition coefficient (Wildman–Crippen LogP) is 2.41. The highest BCUT2D eigenvalue weighted by atomic mass is 16.6. The molecule has 4 saturated carbocycles. The maximum Gasteiger partial charge on any atom is 0.306 e. The molecule has 2 N–H and O–H groups in total. The fourth-order valence-corrected chi connectivity index (χ4v) is 11.2. The van der Waals surface area contributed by atoms with Gasteiger partial charge in [0, 0.05) is 55.4 Å². The first-order valence-corrected chi connectivity index (χ1v) is 15.6. The van der Waals surface area contributed by atoms with Crippen molar-refractivity contribution in [2.45, 2.75) is 103 Å². The van der Waals surface area contributed by atoms with Crippen LogP contribution in [-0.4, -0.2) is 76.7 Å². The summed E-state index contributed by atoms with van der Waals surface area (Å²) in [5.74, 6) is -7.12. The van der Waals surface area contributed by atoms with Crippen molar-refractivity contribution in [2.75, 3.05) is 7.11 Å². The Bertz CT molecular complexity index is 1470. The van der Waals surface area contributed by atoms with Gasteiger partial charge >= 0.3 is 29.8 Å². The zero-order valence-corrected chi connectivity index (χ0v) is 27.1. The number of aliphatic hydroxyl groups is 2. The summed E-state index contributed by atoms with van der Waals surface area (Å²) in [7, 11) is 1.25. The fraction of sp³-hybridized carbons (Fsp3) is 0.727. The van der Waals surface area contributed by atoms with Crippen molar-refractivity contribution in [2.24, 2.45) is 39.9 Å². The predicted molar refractivity (Wildman–Crippen MR) is 153 cm³/mol. The third-order valence-electron chi connectivity index (χ3n) is 12.7. The van der Waals surface area contributed by atoms with Crippen LogP contribution in [-0.2, 0) is 47.7 Å². The highest BCUT2D eigenvalue weighted by Gasteiger charge is 2.89. The molecular formula is C33H42O13. The average Bonchev–Trinajstić information content (AvgIpc) is 3.61. The molecule has 1 aromatic rings. The summed E-state index contributed by atoms with van der Waals surface area (Å²) in [6.07, 6.45) is -2.21. The molecule has 6 rings (SSSR count). The van der Waals surface area contributed by atoms with E-state index in [-0.39, 0.29) is 25.7 Å². The molecule has 0 spiro atoms. The van der Waals surface area contributed by atoms with Gasteiger partial charge in [0.05, 0.1) is 43.0 Å². The van der Waals surface area contributed by atoms with Crippen LogP contribution < -0.4 is 0 Å². The lowest BCUT2D eigenvalue weighted by atomic mass is 9.36. The topological polar surface area (TPSA) is 185 Å². The summed E-state index contributed by atoms with van der Waals surface area (Å²) in [6.45, 7) is 9.03. The van der Waals surface area contributed by atoms with Gasteiger partial charge in [-0.25, -0.2) is 0 Å². The molecular weight excluding hydrogens is 604 g/mol. The lowest BCUT2D eigenvalue weighted by molar-refractivity contribution is -0.365. The Labute approximate surface area is 266 Å². The standard InChI is InChI=1S/C33H42O13/c1-15(34)43-22-10-21-31(6)19(11-23(37)41-7)29(4)14-32(31,39)25(27(29)44-16(2)35)28(45-17(3)36)33(21,40)20-12-24(38)46-26(30(20,22)5)18-8-9-42-13-18/h8-9,13,19-22,25-28,39-40H,10-12,14H2,1-7H3/t19-,20+,21+,22-,25+,26-,27+,28+,29?,30-,31-,32-,33-/m0/s1. The van der Waals surface area contributed by atoms with Gasteiger partial charge in [-0.15, -0.1) is 0 Å². The monoisotopic (exact) mass is 646 g/mol. The molecule has 2 bridgehead atoms. The normalized spacial score (nSPS) is 46.8. The molecule has 0 radical (unpaired) electrons. The molecule has 13 heteroatoms. The number of hydrogen-bond acceptors (Lipinski definition) is 13. The molecule has 13 nitrogen and oxygen atoms in total. The van der Waals surface area contributed by atoms with Crippen LogP contribution in [0.1, 0.15) is 78.9 Å². The summed E-state index contributed by atoms with van der Waals surface area (Å²) in [5, 5.41) is 26.4. The SMILES string of the molecule is COC(=O)C[C@H]1C2(C)C[C@]3(O)[C@H]([C@H]2OC(C)=O)[C@@H](OC(C)=O)[C@]2(O)[C@@H]4CC(=O)O[C@@H](c5ccoc5)[C@]4(C)[C@@H](OC(C)=O)C[C@@H]2[C@]13C. The Morgan fingerprint density at radius 1 is 0.957 bits per heavy atom. The third-order valence-corrected chi connectivity index (χ3v) is 12.7. The minimum atomic E-state index is -2.07. The van der Waals surface area contributed by atoms with Crippen LogP contribution in [0.25, 0.3) is 0 Å². The molecule has 0 aromatic carbocycles. The Kier molecular flexibility index (Phi) is 7.26. The van der Waals surface area contributed by atoms with Gasteiger partial charge in [0.15, 0.2) is 0 Å². The van der Waals surface area contributed by atoms with Crippen molar-refractivity contribution in [3.05, 3.63) is 24.2 Å². The number of ether oxygens (including phenoxy) is 5. The van der Waals surface area contributed by atoms with E-state index in [9.17, 15) is 34.2 Å². The van der Waals surface area contributed by atoms with Gasteiger partial charge in [0.1, 0.15) is 30.0 Å². The number of carbonyl (C=O) groups excluding carboxylic acids is 5. The molecule has 5 aliphatic rings. The largest absolute Gasteiger partial charge is 0.472 e. The second kappa shape index (κ2) is 10.3. The molecule has 4 aliphatic carbocycles. The lowest BCUT2D eigenvalue weighted by Gasteiger charge is -2.72. The van der Waals surface area contributed by atoms with E-state index >= 15 is 0 Å². The van der Waals surface area contributed by atoms with E-state index < -0.39 is 105 Å². The summed E-state index contributed by atoms with van der Waals surface area (Å²) in [5.41, 5.74) is -6.95. The number of esters is 5. The maximum absolute atomic E-state index is 13.5. The van der Waals surface area contributed by atoms with Gasteiger partial charge < -0.3 is 38.3 Å². The van der Waals surface area contributed by atoms with E-state index in [1.54, 1.807) is 19.9 Å². The van der Waals surface area contributed by atoms with Crippen LogP contribution in [0.4, 0.5) is 0 Å². The van der Waals surface area contributed by atoms with Crippen LogP contribution in [0.5, 0.6) is 0 Å². The maximum atomic E-state index is 13.5. The zero-order valence-electron chi connectivity index (χ0n) is 27.1. The number of hydrogen-bond donors (Lipinski definition) is 2. The van der Waals surface area contributed by atoms with Crippen molar-refractivity contribution in [3.8, 4) is 0 Å². The lowest BCUT2D eigenvalue weighted by Crippen LogP contribution is -2.82. The molecule has 0 amide bonds. The van der Waals surface area contributed by atoms with Crippen molar-refractivity contribution >= 4 is 29.8 Å². The third kappa shape index (κ3) is 3.96. The number of cyclic esters (lactones) is 1. The second-order valence-corrected chi connectivity index (χ2v) is 14.6. The summed E-state index contributed by atoms with van der Waals surface area (Å²) in [4.78, 5) is 64.6. The molecule has 252 valence electrons. The van der Waals surface area contributed by atoms with Crippen molar-refractivity contribution in [3.63, 3.8) is 0 Å². The van der Waals surface area contributed by atoms with Crippen LogP contribution in [0.15, 0.2) is 23.0 Å². The van der Waals surface area contributed by atoms with E-state index in [0.29, 0.717) is 5.56 Å². The highest BCUT2D eigenvalue weighted by molar-refractivity contribution is 5.73.